The molecule has 2 rings (SSSR count). The molecule has 1 atom stereocenters. The molecule has 1 heterocycles. The van der Waals surface area contributed by atoms with Crippen LogP contribution in [0.1, 0.15) is 12.5 Å². The van der Waals surface area contributed by atoms with E-state index >= 15 is 0 Å². The molecular formula is C12H11Cl2NO2. The SMILES string of the molecule is CCOC(=O)C1C=Nc2ccccc2C1(Cl)Cl. The molecule has 3 nitrogen and oxygen atoms in total. The molecule has 0 aromatic heterocycles. The van der Waals surface area contributed by atoms with Gasteiger partial charge in [-0.15, -0.1) is 0 Å². The van der Waals surface area contributed by atoms with E-state index in [1.165, 1.54) is 6.21 Å². The molecule has 0 fully saturated rings. The van der Waals surface area contributed by atoms with Gasteiger partial charge in [-0.1, -0.05) is 41.4 Å². The lowest BCUT2D eigenvalue weighted by atomic mass is 9.95. The van der Waals surface area contributed by atoms with Gasteiger partial charge >= 0.3 is 5.97 Å². The lowest BCUT2D eigenvalue weighted by molar-refractivity contribution is -0.145. The van der Waals surface area contributed by atoms with Gasteiger partial charge in [0, 0.05) is 11.8 Å². The van der Waals surface area contributed by atoms with E-state index in [1.807, 2.05) is 6.07 Å². The molecule has 0 amide bonds. The number of carbonyl (C=O) groups excluding carboxylic acids is 1. The number of hydrogen-bond donors (Lipinski definition) is 0. The summed E-state index contributed by atoms with van der Waals surface area (Å²) in [4.78, 5) is 15.9. The highest BCUT2D eigenvalue weighted by Crippen LogP contribution is 2.47. The van der Waals surface area contributed by atoms with Gasteiger partial charge in [0.05, 0.1) is 12.3 Å². The fraction of sp³-hybridized carbons (Fsp3) is 0.333. The molecule has 1 aliphatic rings. The minimum atomic E-state index is -1.33. The molecule has 1 unspecified atom stereocenters. The molecule has 0 bridgehead atoms. The fourth-order valence-corrected chi connectivity index (χ4v) is 2.34. The minimum absolute atomic E-state index is 0.286. The zero-order valence-electron chi connectivity index (χ0n) is 9.19. The number of para-hydroxylation sites is 1. The number of rotatable bonds is 2. The van der Waals surface area contributed by atoms with Crippen LogP contribution in [0, 0.1) is 5.92 Å². The van der Waals surface area contributed by atoms with Crippen LogP contribution in [-0.4, -0.2) is 18.8 Å². The summed E-state index contributed by atoms with van der Waals surface area (Å²) in [5, 5.41) is 0. The monoisotopic (exact) mass is 271 g/mol. The first kappa shape index (κ1) is 12.4. The Labute approximate surface area is 109 Å². The Hall–Kier alpha value is -1.06. The second-order valence-corrected chi connectivity index (χ2v) is 5.03. The number of halogens is 2. The van der Waals surface area contributed by atoms with E-state index < -0.39 is 16.2 Å². The van der Waals surface area contributed by atoms with Crippen molar-refractivity contribution in [2.45, 2.75) is 11.3 Å². The van der Waals surface area contributed by atoms with E-state index in [9.17, 15) is 4.79 Å². The Bertz CT molecular complexity index is 471. The first-order chi connectivity index (χ1) is 8.07. The summed E-state index contributed by atoms with van der Waals surface area (Å²) in [6.45, 7) is 2.02. The van der Waals surface area contributed by atoms with Crippen molar-refractivity contribution in [2.24, 2.45) is 10.9 Å². The summed E-state index contributed by atoms with van der Waals surface area (Å²) < 4.78 is 3.60. The quantitative estimate of drug-likeness (QED) is 0.612. The Morgan fingerprint density at radius 1 is 1.47 bits per heavy atom. The molecule has 0 N–H and O–H groups in total. The number of hydrogen-bond acceptors (Lipinski definition) is 3. The Morgan fingerprint density at radius 2 is 2.18 bits per heavy atom. The second kappa shape index (κ2) is 4.67. The van der Waals surface area contributed by atoms with Crippen LogP contribution in [-0.2, 0) is 13.9 Å². The summed E-state index contributed by atoms with van der Waals surface area (Å²) >= 11 is 12.5. The lowest BCUT2D eigenvalue weighted by Gasteiger charge is -2.29. The van der Waals surface area contributed by atoms with Gasteiger partial charge in [-0.25, -0.2) is 0 Å². The summed E-state index contributed by atoms with van der Waals surface area (Å²) in [6.07, 6.45) is 1.44. The molecule has 0 saturated carbocycles. The Morgan fingerprint density at radius 3 is 2.88 bits per heavy atom. The maximum atomic E-state index is 11.7. The average molecular weight is 272 g/mol. The predicted molar refractivity (Wildman–Crippen MR) is 68.1 cm³/mol. The molecule has 1 aromatic carbocycles. The maximum Gasteiger partial charge on any atom is 0.317 e. The summed E-state index contributed by atoms with van der Waals surface area (Å²) in [5.41, 5.74) is 1.31. The normalized spacial score (nSPS) is 20.8. The summed E-state index contributed by atoms with van der Waals surface area (Å²) in [7, 11) is 0. The van der Waals surface area contributed by atoms with Crippen LogP contribution in [0.15, 0.2) is 29.3 Å². The van der Waals surface area contributed by atoms with Crippen molar-refractivity contribution >= 4 is 41.1 Å². The van der Waals surface area contributed by atoms with Crippen molar-refractivity contribution in [3.05, 3.63) is 29.8 Å². The van der Waals surface area contributed by atoms with Crippen LogP contribution in [0.25, 0.3) is 0 Å². The van der Waals surface area contributed by atoms with Crippen LogP contribution in [0.3, 0.4) is 0 Å². The van der Waals surface area contributed by atoms with Crippen molar-refractivity contribution in [1.29, 1.82) is 0 Å². The zero-order chi connectivity index (χ0) is 12.5. The van der Waals surface area contributed by atoms with E-state index in [-0.39, 0.29) is 6.61 Å². The molecule has 0 saturated heterocycles. The van der Waals surface area contributed by atoms with E-state index in [2.05, 4.69) is 4.99 Å². The molecule has 90 valence electrons. The Kier molecular flexibility index (Phi) is 3.40. The highest BCUT2D eigenvalue weighted by atomic mass is 35.5. The largest absolute Gasteiger partial charge is 0.465 e. The molecule has 1 aromatic rings. The fourth-order valence-electron chi connectivity index (χ4n) is 1.72. The number of carbonyl (C=O) groups is 1. The second-order valence-electron chi connectivity index (χ2n) is 3.65. The molecule has 0 spiro atoms. The molecule has 5 heteroatoms. The van der Waals surface area contributed by atoms with Gasteiger partial charge in [-0.3, -0.25) is 9.79 Å². The van der Waals surface area contributed by atoms with Crippen LogP contribution < -0.4 is 0 Å². The van der Waals surface area contributed by atoms with Crippen molar-refractivity contribution in [3.63, 3.8) is 0 Å². The number of esters is 1. The van der Waals surface area contributed by atoms with Gasteiger partial charge in [-0.2, -0.15) is 0 Å². The van der Waals surface area contributed by atoms with Gasteiger partial charge in [0.25, 0.3) is 0 Å². The van der Waals surface area contributed by atoms with Crippen LogP contribution in [0.2, 0.25) is 0 Å². The average Bonchev–Trinajstić information content (AvgIpc) is 2.29. The van der Waals surface area contributed by atoms with Crippen molar-refractivity contribution < 1.29 is 9.53 Å². The summed E-state index contributed by atoms with van der Waals surface area (Å²) in [5.74, 6) is -1.24. The maximum absolute atomic E-state index is 11.7. The number of fused-ring (bicyclic) bond motifs is 1. The van der Waals surface area contributed by atoms with E-state index in [1.54, 1.807) is 25.1 Å². The first-order valence-corrected chi connectivity index (χ1v) is 6.01. The number of aliphatic imine (C=N–C) groups is 1. The predicted octanol–water partition coefficient (Wildman–Crippen LogP) is 3.21. The van der Waals surface area contributed by atoms with Crippen LogP contribution >= 0.6 is 23.2 Å². The third kappa shape index (κ3) is 2.17. The Balaban J connectivity index is 2.40. The minimum Gasteiger partial charge on any atom is -0.465 e. The number of benzene rings is 1. The summed E-state index contributed by atoms with van der Waals surface area (Å²) in [6, 6.07) is 7.21. The smallest absolute Gasteiger partial charge is 0.317 e. The van der Waals surface area contributed by atoms with E-state index in [4.69, 9.17) is 27.9 Å². The first-order valence-electron chi connectivity index (χ1n) is 5.25. The third-order valence-corrected chi connectivity index (χ3v) is 3.43. The van der Waals surface area contributed by atoms with E-state index in [0.717, 1.165) is 0 Å². The molecule has 1 aliphatic heterocycles. The topological polar surface area (TPSA) is 38.7 Å². The van der Waals surface area contributed by atoms with Gasteiger partial charge in [0.15, 0.2) is 4.33 Å². The molecule has 17 heavy (non-hydrogen) atoms. The van der Waals surface area contributed by atoms with Gasteiger partial charge in [0.2, 0.25) is 0 Å². The highest BCUT2D eigenvalue weighted by molar-refractivity contribution is 6.50. The lowest BCUT2D eigenvalue weighted by Crippen LogP contribution is -2.35. The van der Waals surface area contributed by atoms with Crippen molar-refractivity contribution in [2.75, 3.05) is 6.61 Å². The molecule has 0 aliphatic carbocycles. The van der Waals surface area contributed by atoms with Gasteiger partial charge in [-0.05, 0) is 13.0 Å². The van der Waals surface area contributed by atoms with Gasteiger partial charge in [0.1, 0.15) is 5.92 Å². The van der Waals surface area contributed by atoms with E-state index in [0.29, 0.717) is 11.3 Å². The van der Waals surface area contributed by atoms with Gasteiger partial charge < -0.3 is 4.74 Å². The van der Waals surface area contributed by atoms with Crippen molar-refractivity contribution in [1.82, 2.24) is 0 Å². The number of alkyl halides is 2. The van der Waals surface area contributed by atoms with Crippen LogP contribution in [0.4, 0.5) is 5.69 Å². The van der Waals surface area contributed by atoms with Crippen molar-refractivity contribution in [3.8, 4) is 0 Å². The van der Waals surface area contributed by atoms with Crippen LogP contribution in [0.5, 0.6) is 0 Å². The third-order valence-electron chi connectivity index (χ3n) is 2.56. The zero-order valence-corrected chi connectivity index (χ0v) is 10.7. The highest BCUT2D eigenvalue weighted by Gasteiger charge is 2.45. The standard InChI is InChI=1S/C12H11Cl2NO2/c1-2-17-11(16)9-7-15-10-6-4-3-5-8(10)12(9,13)14/h3-7,9H,2H2,1H3. The number of nitrogens with zero attached hydrogens (tertiary/aromatic N) is 1. The number of ether oxygens (including phenoxy) is 1. The molecule has 0 radical (unpaired) electrons. The molecular weight excluding hydrogens is 261 g/mol.